The molecule has 1 fully saturated rings. The minimum Gasteiger partial charge on any atom is -0.384 e. The summed E-state index contributed by atoms with van der Waals surface area (Å²) in [6.07, 6.45) is 2.16. The molecular weight excluding hydrogens is 262 g/mol. The van der Waals surface area contributed by atoms with Crippen LogP contribution in [0.15, 0.2) is 12.1 Å². The molecule has 1 saturated carbocycles. The maximum absolute atomic E-state index is 12.4. The smallest absolute Gasteiger partial charge is 0.264 e. The average Bonchev–Trinajstić information content (AvgIpc) is 3.14. The summed E-state index contributed by atoms with van der Waals surface area (Å²) in [5, 5.41) is 8.65. The van der Waals surface area contributed by atoms with E-state index >= 15 is 0 Å². The number of amides is 1. The van der Waals surface area contributed by atoms with Gasteiger partial charge in [0.25, 0.3) is 5.91 Å². The zero-order valence-electron chi connectivity index (χ0n) is 10.9. The molecule has 4 nitrogen and oxygen atoms in total. The highest BCUT2D eigenvalue weighted by atomic mass is 32.1. The number of aliphatic hydroxyl groups is 1. The van der Waals surface area contributed by atoms with Gasteiger partial charge in [-0.05, 0) is 25.0 Å². The van der Waals surface area contributed by atoms with Crippen molar-refractivity contribution in [1.82, 2.24) is 4.90 Å². The molecule has 0 radical (unpaired) electrons. The summed E-state index contributed by atoms with van der Waals surface area (Å²) in [6, 6.07) is 4.00. The first-order chi connectivity index (χ1) is 9.26. The predicted molar refractivity (Wildman–Crippen MR) is 74.2 cm³/mol. The van der Waals surface area contributed by atoms with Gasteiger partial charge in [0.2, 0.25) is 0 Å². The monoisotopic (exact) mass is 279 g/mol. The highest BCUT2D eigenvalue weighted by Crippen LogP contribution is 2.29. The molecule has 1 N–H and O–H groups in total. The summed E-state index contributed by atoms with van der Waals surface area (Å²) in [4.78, 5) is 15.8. The molecule has 0 bridgehead atoms. The van der Waals surface area contributed by atoms with Crippen LogP contribution < -0.4 is 0 Å². The lowest BCUT2D eigenvalue weighted by atomic mass is 10.3. The van der Waals surface area contributed by atoms with E-state index < -0.39 is 0 Å². The Morgan fingerprint density at radius 1 is 1.58 bits per heavy atom. The first kappa shape index (κ1) is 14.1. The van der Waals surface area contributed by atoms with Crippen molar-refractivity contribution in [2.24, 2.45) is 0 Å². The second kappa shape index (κ2) is 6.71. The number of carbonyl (C=O) groups excluding carboxylic acids is 1. The molecule has 0 aromatic carbocycles. The van der Waals surface area contributed by atoms with E-state index in [1.807, 2.05) is 11.0 Å². The standard InChI is InChI=1S/C14H17NO3S/c1-18-10-8-15(11-4-5-11)14(17)13-7-6-12(19-13)3-2-9-16/h6-7,11,16H,4-5,8-10H2,1H3. The highest BCUT2D eigenvalue weighted by molar-refractivity contribution is 7.14. The van der Waals surface area contributed by atoms with E-state index in [1.165, 1.54) is 11.3 Å². The fraction of sp³-hybridized carbons (Fsp3) is 0.500. The van der Waals surface area contributed by atoms with Crippen molar-refractivity contribution in [3.63, 3.8) is 0 Å². The Bertz CT molecular complexity index is 496. The van der Waals surface area contributed by atoms with Crippen LogP contribution in [0.3, 0.4) is 0 Å². The lowest BCUT2D eigenvalue weighted by Gasteiger charge is -2.21. The fourth-order valence-electron chi connectivity index (χ4n) is 1.81. The van der Waals surface area contributed by atoms with Crippen molar-refractivity contribution in [3.05, 3.63) is 21.9 Å². The minimum absolute atomic E-state index is 0.0570. The molecule has 1 aliphatic carbocycles. The summed E-state index contributed by atoms with van der Waals surface area (Å²) in [7, 11) is 1.64. The van der Waals surface area contributed by atoms with Gasteiger partial charge in [-0.15, -0.1) is 11.3 Å². The zero-order chi connectivity index (χ0) is 13.7. The number of aliphatic hydroxyl groups excluding tert-OH is 1. The molecule has 102 valence electrons. The van der Waals surface area contributed by atoms with Gasteiger partial charge in [0.05, 0.1) is 16.4 Å². The Hall–Kier alpha value is -1.35. The number of nitrogens with zero attached hydrogens (tertiary/aromatic N) is 1. The molecule has 0 unspecified atom stereocenters. The van der Waals surface area contributed by atoms with Crippen LogP contribution in [0.2, 0.25) is 0 Å². The Morgan fingerprint density at radius 2 is 2.37 bits per heavy atom. The van der Waals surface area contributed by atoms with Crippen molar-refractivity contribution in [2.75, 3.05) is 26.9 Å². The van der Waals surface area contributed by atoms with Gasteiger partial charge < -0.3 is 14.7 Å². The fourth-order valence-corrected chi connectivity index (χ4v) is 2.65. The number of carbonyl (C=O) groups is 1. The van der Waals surface area contributed by atoms with Gasteiger partial charge in [-0.2, -0.15) is 0 Å². The van der Waals surface area contributed by atoms with Crippen LogP contribution in [0.5, 0.6) is 0 Å². The summed E-state index contributed by atoms with van der Waals surface area (Å²) >= 11 is 1.37. The van der Waals surface area contributed by atoms with Crippen LogP contribution in [0, 0.1) is 11.8 Å². The molecule has 1 aromatic rings. The molecule has 1 amide bonds. The zero-order valence-corrected chi connectivity index (χ0v) is 11.7. The quantitative estimate of drug-likeness (QED) is 0.828. The normalized spacial score (nSPS) is 13.8. The number of rotatable bonds is 5. The van der Waals surface area contributed by atoms with E-state index in [-0.39, 0.29) is 12.5 Å². The van der Waals surface area contributed by atoms with E-state index in [1.54, 1.807) is 13.2 Å². The maximum Gasteiger partial charge on any atom is 0.264 e. The van der Waals surface area contributed by atoms with E-state index in [4.69, 9.17) is 9.84 Å². The summed E-state index contributed by atoms with van der Waals surface area (Å²) in [6.45, 7) is 1.03. The molecule has 0 spiro atoms. The van der Waals surface area contributed by atoms with E-state index in [0.717, 1.165) is 17.7 Å². The predicted octanol–water partition coefficient (Wildman–Crippen LogP) is 1.34. The van der Waals surface area contributed by atoms with Crippen LogP contribution in [0.4, 0.5) is 0 Å². The van der Waals surface area contributed by atoms with Gasteiger partial charge in [-0.25, -0.2) is 0 Å². The number of hydrogen-bond acceptors (Lipinski definition) is 4. The molecule has 5 heteroatoms. The summed E-state index contributed by atoms with van der Waals surface area (Å²) in [5.74, 6) is 5.46. The van der Waals surface area contributed by atoms with Crippen molar-refractivity contribution >= 4 is 17.2 Å². The highest BCUT2D eigenvalue weighted by Gasteiger charge is 2.33. The van der Waals surface area contributed by atoms with Crippen molar-refractivity contribution in [3.8, 4) is 11.8 Å². The molecule has 0 saturated heterocycles. The van der Waals surface area contributed by atoms with Crippen molar-refractivity contribution < 1.29 is 14.6 Å². The van der Waals surface area contributed by atoms with Crippen LogP contribution in [0.1, 0.15) is 27.4 Å². The first-order valence-electron chi connectivity index (χ1n) is 6.25. The van der Waals surface area contributed by atoms with Crippen molar-refractivity contribution in [2.45, 2.75) is 18.9 Å². The molecule has 1 aliphatic rings. The lowest BCUT2D eigenvalue weighted by molar-refractivity contribution is 0.0685. The van der Waals surface area contributed by atoms with Gasteiger partial charge in [-0.3, -0.25) is 4.79 Å². The number of thiophene rings is 1. The van der Waals surface area contributed by atoms with E-state index in [2.05, 4.69) is 11.8 Å². The molecule has 0 atom stereocenters. The number of hydrogen-bond donors (Lipinski definition) is 1. The maximum atomic E-state index is 12.4. The second-order valence-electron chi connectivity index (χ2n) is 4.35. The van der Waals surface area contributed by atoms with E-state index in [0.29, 0.717) is 24.1 Å². The topological polar surface area (TPSA) is 49.8 Å². The van der Waals surface area contributed by atoms with Gasteiger partial charge >= 0.3 is 0 Å². The number of ether oxygens (including phenoxy) is 1. The molecule has 2 rings (SSSR count). The van der Waals surface area contributed by atoms with Gasteiger partial charge in [0, 0.05) is 19.7 Å². The first-order valence-corrected chi connectivity index (χ1v) is 7.07. The second-order valence-corrected chi connectivity index (χ2v) is 5.43. The molecule has 19 heavy (non-hydrogen) atoms. The molecular formula is C14H17NO3S. The summed E-state index contributed by atoms with van der Waals surface area (Å²) in [5.41, 5.74) is 0. The third-order valence-electron chi connectivity index (χ3n) is 2.89. The van der Waals surface area contributed by atoms with Gasteiger partial charge in [0.15, 0.2) is 0 Å². The Labute approximate surface area is 117 Å². The molecule has 1 aromatic heterocycles. The third-order valence-corrected chi connectivity index (χ3v) is 3.88. The molecule has 1 heterocycles. The Kier molecular flexibility index (Phi) is 4.97. The SMILES string of the molecule is COCCN(C(=O)c1ccc(C#CCO)s1)C1CC1. The van der Waals surface area contributed by atoms with Crippen LogP contribution in [-0.4, -0.2) is 48.8 Å². The lowest BCUT2D eigenvalue weighted by Crippen LogP contribution is -2.35. The van der Waals surface area contributed by atoms with Gasteiger partial charge in [-0.1, -0.05) is 11.8 Å². The minimum atomic E-state index is -0.163. The molecule has 0 aliphatic heterocycles. The van der Waals surface area contributed by atoms with Crippen LogP contribution >= 0.6 is 11.3 Å². The summed E-state index contributed by atoms with van der Waals surface area (Å²) < 4.78 is 5.05. The Balaban J connectivity index is 2.06. The van der Waals surface area contributed by atoms with Gasteiger partial charge in [0.1, 0.15) is 6.61 Å². The van der Waals surface area contributed by atoms with Crippen LogP contribution in [-0.2, 0) is 4.74 Å². The number of methoxy groups -OCH3 is 1. The van der Waals surface area contributed by atoms with E-state index in [9.17, 15) is 4.79 Å². The largest absolute Gasteiger partial charge is 0.384 e. The third kappa shape index (κ3) is 3.80. The van der Waals surface area contributed by atoms with Crippen LogP contribution in [0.25, 0.3) is 0 Å². The van der Waals surface area contributed by atoms with Crippen molar-refractivity contribution in [1.29, 1.82) is 0 Å². The average molecular weight is 279 g/mol. The Morgan fingerprint density at radius 3 is 3.00 bits per heavy atom.